The van der Waals surface area contributed by atoms with Crippen LogP contribution < -0.4 is 10.6 Å². The summed E-state index contributed by atoms with van der Waals surface area (Å²) in [5.74, 6) is 1.60. The molecule has 4 nitrogen and oxygen atoms in total. The Balaban J connectivity index is 1.79. The Labute approximate surface area is 113 Å². The Bertz CT molecular complexity index is 561. The molecular weight excluding hydrogens is 236 g/mol. The average molecular weight is 256 g/mol. The summed E-state index contributed by atoms with van der Waals surface area (Å²) >= 11 is 0. The second-order valence-corrected chi connectivity index (χ2v) is 5.27. The molecule has 0 amide bonds. The van der Waals surface area contributed by atoms with Crippen LogP contribution in [0.3, 0.4) is 0 Å². The third kappa shape index (κ3) is 2.68. The van der Waals surface area contributed by atoms with E-state index in [9.17, 15) is 0 Å². The Morgan fingerprint density at radius 3 is 2.89 bits per heavy atom. The first-order valence-electron chi connectivity index (χ1n) is 7.01. The van der Waals surface area contributed by atoms with Gasteiger partial charge in [-0.15, -0.1) is 5.10 Å². The number of hydrogen-bond acceptors (Lipinski definition) is 4. The van der Waals surface area contributed by atoms with Gasteiger partial charge in [0.15, 0.2) is 5.82 Å². The largest absolute Gasteiger partial charge is 0.368 e. The van der Waals surface area contributed by atoms with Crippen molar-refractivity contribution in [2.24, 2.45) is 5.92 Å². The van der Waals surface area contributed by atoms with Crippen molar-refractivity contribution in [1.82, 2.24) is 15.5 Å². The first kappa shape index (κ1) is 12.4. The molecule has 1 aliphatic heterocycles. The van der Waals surface area contributed by atoms with Crippen LogP contribution in [-0.2, 0) is 0 Å². The molecule has 1 atom stereocenters. The maximum absolute atomic E-state index is 4.31. The van der Waals surface area contributed by atoms with Gasteiger partial charge in [-0.3, -0.25) is 0 Å². The van der Waals surface area contributed by atoms with Crippen LogP contribution in [0.5, 0.6) is 0 Å². The van der Waals surface area contributed by atoms with E-state index in [0.29, 0.717) is 5.92 Å². The number of benzene rings is 1. The summed E-state index contributed by atoms with van der Waals surface area (Å²) in [5, 5.41) is 17.8. The van der Waals surface area contributed by atoms with E-state index in [-0.39, 0.29) is 0 Å². The number of rotatable bonds is 3. The van der Waals surface area contributed by atoms with Crippen molar-refractivity contribution in [2.45, 2.75) is 19.8 Å². The van der Waals surface area contributed by atoms with Gasteiger partial charge in [0.1, 0.15) is 0 Å². The van der Waals surface area contributed by atoms with E-state index in [1.807, 2.05) is 13.0 Å². The molecule has 1 fully saturated rings. The van der Waals surface area contributed by atoms with Crippen LogP contribution in [0.4, 0.5) is 5.82 Å². The molecular formula is C15H20N4. The van der Waals surface area contributed by atoms with Gasteiger partial charge >= 0.3 is 0 Å². The number of hydrogen-bond donors (Lipinski definition) is 2. The molecule has 19 heavy (non-hydrogen) atoms. The molecule has 0 bridgehead atoms. The van der Waals surface area contributed by atoms with Gasteiger partial charge in [-0.05, 0) is 38.8 Å². The average Bonchev–Trinajstić information content (AvgIpc) is 2.48. The molecule has 2 N–H and O–H groups in total. The molecule has 1 saturated heterocycles. The minimum Gasteiger partial charge on any atom is -0.368 e. The molecule has 1 aliphatic rings. The molecule has 0 aliphatic carbocycles. The third-order valence-electron chi connectivity index (χ3n) is 3.83. The van der Waals surface area contributed by atoms with Crippen molar-refractivity contribution < 1.29 is 0 Å². The zero-order valence-corrected chi connectivity index (χ0v) is 11.3. The number of fused-ring (bicyclic) bond motifs is 1. The molecule has 2 heterocycles. The van der Waals surface area contributed by atoms with E-state index in [4.69, 9.17) is 0 Å². The zero-order chi connectivity index (χ0) is 13.1. The highest BCUT2D eigenvalue weighted by atomic mass is 15.2. The molecule has 4 heteroatoms. The van der Waals surface area contributed by atoms with E-state index < -0.39 is 0 Å². The van der Waals surface area contributed by atoms with E-state index >= 15 is 0 Å². The van der Waals surface area contributed by atoms with Crippen LogP contribution in [0.15, 0.2) is 24.3 Å². The Hall–Kier alpha value is -1.68. The molecule has 100 valence electrons. The van der Waals surface area contributed by atoms with Crippen molar-refractivity contribution >= 4 is 16.6 Å². The summed E-state index contributed by atoms with van der Waals surface area (Å²) in [6.45, 7) is 5.23. The van der Waals surface area contributed by atoms with Crippen LogP contribution in [0.25, 0.3) is 10.8 Å². The van der Waals surface area contributed by atoms with E-state index in [2.05, 4.69) is 39.0 Å². The van der Waals surface area contributed by atoms with Crippen LogP contribution >= 0.6 is 0 Å². The molecule has 0 radical (unpaired) electrons. The Morgan fingerprint density at radius 2 is 2.11 bits per heavy atom. The van der Waals surface area contributed by atoms with Crippen molar-refractivity contribution in [3.63, 3.8) is 0 Å². The SMILES string of the molecule is Cc1nnc(NCC2CCCNC2)c2ccccc12. The summed E-state index contributed by atoms with van der Waals surface area (Å²) in [5.41, 5.74) is 0.987. The quantitative estimate of drug-likeness (QED) is 0.885. The minimum absolute atomic E-state index is 0.690. The van der Waals surface area contributed by atoms with Gasteiger partial charge < -0.3 is 10.6 Å². The number of aromatic nitrogens is 2. The highest BCUT2D eigenvalue weighted by molar-refractivity contribution is 5.92. The summed E-state index contributed by atoms with van der Waals surface area (Å²) < 4.78 is 0. The van der Waals surface area contributed by atoms with E-state index in [0.717, 1.165) is 31.1 Å². The smallest absolute Gasteiger partial charge is 0.156 e. The number of aryl methyl sites for hydroxylation is 1. The van der Waals surface area contributed by atoms with Gasteiger partial charge in [0.25, 0.3) is 0 Å². The molecule has 0 spiro atoms. The normalized spacial score (nSPS) is 19.5. The van der Waals surface area contributed by atoms with Crippen molar-refractivity contribution in [2.75, 3.05) is 25.0 Å². The first-order valence-corrected chi connectivity index (χ1v) is 7.01. The Kier molecular flexibility index (Phi) is 3.60. The Morgan fingerprint density at radius 1 is 1.26 bits per heavy atom. The number of nitrogens with zero attached hydrogens (tertiary/aromatic N) is 2. The highest BCUT2D eigenvalue weighted by Gasteiger charge is 2.13. The zero-order valence-electron chi connectivity index (χ0n) is 11.3. The number of piperidine rings is 1. The maximum Gasteiger partial charge on any atom is 0.156 e. The number of anilines is 1. The summed E-state index contributed by atoms with van der Waals surface area (Å²) in [6.07, 6.45) is 2.56. The van der Waals surface area contributed by atoms with E-state index in [1.165, 1.54) is 23.6 Å². The van der Waals surface area contributed by atoms with Crippen molar-refractivity contribution in [3.05, 3.63) is 30.0 Å². The predicted molar refractivity (Wildman–Crippen MR) is 78.4 cm³/mol. The lowest BCUT2D eigenvalue weighted by Gasteiger charge is -2.23. The fourth-order valence-corrected chi connectivity index (χ4v) is 2.71. The first-order chi connectivity index (χ1) is 9.34. The highest BCUT2D eigenvalue weighted by Crippen LogP contribution is 2.22. The topological polar surface area (TPSA) is 49.8 Å². The fourth-order valence-electron chi connectivity index (χ4n) is 2.71. The lowest BCUT2D eigenvalue weighted by Crippen LogP contribution is -2.33. The third-order valence-corrected chi connectivity index (χ3v) is 3.83. The maximum atomic E-state index is 4.31. The van der Waals surface area contributed by atoms with Crippen LogP contribution in [-0.4, -0.2) is 29.8 Å². The molecule has 1 unspecified atom stereocenters. The summed E-state index contributed by atoms with van der Waals surface area (Å²) in [6, 6.07) is 8.31. The van der Waals surface area contributed by atoms with Crippen LogP contribution in [0.1, 0.15) is 18.5 Å². The lowest BCUT2D eigenvalue weighted by molar-refractivity contribution is 0.392. The summed E-state index contributed by atoms with van der Waals surface area (Å²) in [4.78, 5) is 0. The second kappa shape index (κ2) is 5.53. The standard InChI is InChI=1S/C15H20N4/c1-11-13-6-2-3-7-14(13)15(19-18-11)17-10-12-5-4-8-16-9-12/h2-3,6-7,12,16H,4-5,8-10H2,1H3,(H,17,19). The van der Waals surface area contributed by atoms with Gasteiger partial charge in [-0.1, -0.05) is 24.3 Å². The van der Waals surface area contributed by atoms with Gasteiger partial charge in [0.2, 0.25) is 0 Å². The van der Waals surface area contributed by atoms with Gasteiger partial charge in [-0.25, -0.2) is 0 Å². The van der Waals surface area contributed by atoms with Gasteiger partial charge in [0, 0.05) is 17.3 Å². The minimum atomic E-state index is 0.690. The lowest BCUT2D eigenvalue weighted by atomic mass is 10.00. The second-order valence-electron chi connectivity index (χ2n) is 5.27. The van der Waals surface area contributed by atoms with Crippen molar-refractivity contribution in [3.8, 4) is 0 Å². The van der Waals surface area contributed by atoms with Gasteiger partial charge in [-0.2, -0.15) is 5.10 Å². The molecule has 0 saturated carbocycles. The van der Waals surface area contributed by atoms with Crippen molar-refractivity contribution in [1.29, 1.82) is 0 Å². The molecule has 1 aromatic carbocycles. The van der Waals surface area contributed by atoms with Gasteiger partial charge in [0.05, 0.1) is 5.69 Å². The number of nitrogens with one attached hydrogen (secondary N) is 2. The predicted octanol–water partition coefficient (Wildman–Crippen LogP) is 2.35. The van der Waals surface area contributed by atoms with Crippen LogP contribution in [0, 0.1) is 12.8 Å². The fraction of sp³-hybridized carbons (Fsp3) is 0.467. The van der Waals surface area contributed by atoms with E-state index in [1.54, 1.807) is 0 Å². The monoisotopic (exact) mass is 256 g/mol. The molecule has 1 aromatic heterocycles. The molecule has 3 rings (SSSR count). The summed E-state index contributed by atoms with van der Waals surface area (Å²) in [7, 11) is 0. The van der Waals surface area contributed by atoms with Crippen LogP contribution in [0.2, 0.25) is 0 Å². The molecule has 2 aromatic rings.